The van der Waals surface area contributed by atoms with Crippen molar-refractivity contribution in [1.29, 1.82) is 0 Å². The Labute approximate surface area is 130 Å². The van der Waals surface area contributed by atoms with Crippen LogP contribution in [0.3, 0.4) is 0 Å². The van der Waals surface area contributed by atoms with Crippen LogP contribution in [-0.2, 0) is 9.59 Å². The molecule has 1 N–H and O–H groups in total. The number of aliphatic hydroxyl groups excluding tert-OH is 1. The third-order valence-electron chi connectivity index (χ3n) is 3.58. The SMILES string of the molecule is CCCCCN1C(=O)C(O)=C(c2ccc(OCC)cc2)C1=O. The van der Waals surface area contributed by atoms with Crippen molar-refractivity contribution >= 4 is 17.4 Å². The highest BCUT2D eigenvalue weighted by Gasteiger charge is 2.38. The van der Waals surface area contributed by atoms with Gasteiger partial charge in [0.2, 0.25) is 0 Å². The predicted molar refractivity (Wildman–Crippen MR) is 83.4 cm³/mol. The van der Waals surface area contributed by atoms with Gasteiger partial charge >= 0.3 is 0 Å². The van der Waals surface area contributed by atoms with Gasteiger partial charge in [-0.25, -0.2) is 0 Å². The Morgan fingerprint density at radius 3 is 2.32 bits per heavy atom. The number of rotatable bonds is 7. The second-order valence-electron chi connectivity index (χ2n) is 5.15. The van der Waals surface area contributed by atoms with Crippen LogP contribution < -0.4 is 4.74 Å². The van der Waals surface area contributed by atoms with Gasteiger partial charge in [-0.2, -0.15) is 0 Å². The summed E-state index contributed by atoms with van der Waals surface area (Å²) >= 11 is 0. The van der Waals surface area contributed by atoms with Crippen molar-refractivity contribution in [1.82, 2.24) is 4.90 Å². The van der Waals surface area contributed by atoms with E-state index in [1.165, 1.54) is 0 Å². The molecule has 0 radical (unpaired) electrons. The summed E-state index contributed by atoms with van der Waals surface area (Å²) in [5, 5.41) is 10.0. The van der Waals surface area contributed by atoms with E-state index in [0.717, 1.165) is 24.2 Å². The molecule has 1 heterocycles. The number of benzene rings is 1. The summed E-state index contributed by atoms with van der Waals surface area (Å²) < 4.78 is 5.34. The van der Waals surface area contributed by atoms with Crippen LogP contribution >= 0.6 is 0 Å². The molecule has 2 amide bonds. The van der Waals surface area contributed by atoms with Gasteiger partial charge in [-0.1, -0.05) is 31.9 Å². The maximum absolute atomic E-state index is 12.4. The van der Waals surface area contributed by atoms with Gasteiger partial charge < -0.3 is 9.84 Å². The summed E-state index contributed by atoms with van der Waals surface area (Å²) in [5.41, 5.74) is 0.599. The summed E-state index contributed by atoms with van der Waals surface area (Å²) in [6.07, 6.45) is 2.69. The highest BCUT2D eigenvalue weighted by molar-refractivity contribution is 6.34. The quantitative estimate of drug-likeness (QED) is 0.621. The first kappa shape index (κ1) is 16.1. The second kappa shape index (κ2) is 7.11. The van der Waals surface area contributed by atoms with Crippen LogP contribution in [0.2, 0.25) is 0 Å². The molecular formula is C17H21NO4. The highest BCUT2D eigenvalue weighted by atomic mass is 16.5. The lowest BCUT2D eigenvalue weighted by atomic mass is 10.1. The molecule has 0 unspecified atom stereocenters. The maximum Gasteiger partial charge on any atom is 0.296 e. The van der Waals surface area contributed by atoms with Crippen LogP contribution in [0.5, 0.6) is 5.75 Å². The number of amides is 2. The second-order valence-corrected chi connectivity index (χ2v) is 5.15. The van der Waals surface area contributed by atoms with Crippen LogP contribution in [0.15, 0.2) is 30.0 Å². The molecule has 0 saturated carbocycles. The minimum absolute atomic E-state index is 0.0737. The lowest BCUT2D eigenvalue weighted by molar-refractivity contribution is -0.138. The number of hydrogen-bond acceptors (Lipinski definition) is 4. The Bertz CT molecular complexity index is 589. The smallest absolute Gasteiger partial charge is 0.296 e. The molecule has 5 heteroatoms. The first-order chi connectivity index (χ1) is 10.6. The topological polar surface area (TPSA) is 66.8 Å². The van der Waals surface area contributed by atoms with Gasteiger partial charge in [-0.3, -0.25) is 14.5 Å². The standard InChI is InChI=1S/C17H21NO4/c1-3-5-6-11-18-16(20)14(15(19)17(18)21)12-7-9-13(10-8-12)22-4-2/h7-10,19H,3-6,11H2,1-2H3. The van der Waals surface area contributed by atoms with Gasteiger partial charge in [0, 0.05) is 6.54 Å². The molecule has 0 fully saturated rings. The lowest BCUT2D eigenvalue weighted by Crippen LogP contribution is -2.32. The maximum atomic E-state index is 12.4. The van der Waals surface area contributed by atoms with Crippen LogP contribution in [-0.4, -0.2) is 35.0 Å². The summed E-state index contributed by atoms with van der Waals surface area (Å²) in [7, 11) is 0. The zero-order valence-electron chi connectivity index (χ0n) is 13.0. The van der Waals surface area contributed by atoms with E-state index in [9.17, 15) is 14.7 Å². The minimum Gasteiger partial charge on any atom is -0.502 e. The Hall–Kier alpha value is -2.30. The van der Waals surface area contributed by atoms with Gasteiger partial charge in [0.15, 0.2) is 5.76 Å². The van der Waals surface area contributed by atoms with E-state index in [1.807, 2.05) is 6.92 Å². The van der Waals surface area contributed by atoms with Gasteiger partial charge in [-0.05, 0) is 31.0 Å². The van der Waals surface area contributed by atoms with Crippen molar-refractivity contribution in [2.75, 3.05) is 13.2 Å². The monoisotopic (exact) mass is 303 g/mol. The zero-order chi connectivity index (χ0) is 16.1. The molecular weight excluding hydrogens is 282 g/mol. The Balaban J connectivity index is 2.19. The largest absolute Gasteiger partial charge is 0.502 e. The van der Waals surface area contributed by atoms with Gasteiger partial charge in [0.25, 0.3) is 11.8 Å². The van der Waals surface area contributed by atoms with Crippen molar-refractivity contribution in [3.8, 4) is 5.75 Å². The number of nitrogens with zero attached hydrogens (tertiary/aromatic N) is 1. The third-order valence-corrected chi connectivity index (χ3v) is 3.58. The number of carbonyl (C=O) groups is 2. The number of imide groups is 1. The average Bonchev–Trinajstić information content (AvgIpc) is 2.72. The fourth-order valence-corrected chi connectivity index (χ4v) is 2.43. The van der Waals surface area contributed by atoms with Crippen molar-refractivity contribution in [2.45, 2.75) is 33.1 Å². The van der Waals surface area contributed by atoms with Crippen molar-refractivity contribution in [3.05, 3.63) is 35.6 Å². The molecule has 0 spiro atoms. The number of ether oxygens (including phenoxy) is 1. The molecule has 22 heavy (non-hydrogen) atoms. The van der Waals surface area contributed by atoms with Crippen molar-refractivity contribution in [3.63, 3.8) is 0 Å². The fraction of sp³-hybridized carbons (Fsp3) is 0.412. The summed E-state index contributed by atoms with van der Waals surface area (Å²) in [6.45, 7) is 4.83. The van der Waals surface area contributed by atoms with E-state index in [2.05, 4.69) is 6.92 Å². The molecule has 118 valence electrons. The molecule has 0 aliphatic carbocycles. The number of hydrogen-bond donors (Lipinski definition) is 1. The molecule has 1 aliphatic heterocycles. The van der Waals surface area contributed by atoms with Gasteiger partial charge in [-0.15, -0.1) is 0 Å². The van der Waals surface area contributed by atoms with Crippen LogP contribution in [0.4, 0.5) is 0 Å². The molecule has 1 aromatic carbocycles. The van der Waals surface area contributed by atoms with Crippen molar-refractivity contribution < 1.29 is 19.4 Å². The summed E-state index contributed by atoms with van der Waals surface area (Å²) in [6, 6.07) is 6.79. The van der Waals surface area contributed by atoms with Crippen molar-refractivity contribution in [2.24, 2.45) is 0 Å². The van der Waals surface area contributed by atoms with E-state index in [0.29, 0.717) is 24.5 Å². The highest BCUT2D eigenvalue weighted by Crippen LogP contribution is 2.29. The van der Waals surface area contributed by atoms with Gasteiger partial charge in [0.1, 0.15) is 5.75 Å². The molecule has 2 rings (SSSR count). The van der Waals surface area contributed by atoms with E-state index in [-0.39, 0.29) is 5.57 Å². The predicted octanol–water partition coefficient (Wildman–Crippen LogP) is 2.91. The molecule has 0 atom stereocenters. The number of aliphatic hydroxyl groups is 1. The first-order valence-electron chi connectivity index (χ1n) is 7.62. The van der Waals surface area contributed by atoms with Gasteiger partial charge in [0.05, 0.1) is 12.2 Å². The molecule has 0 saturated heterocycles. The van der Waals surface area contributed by atoms with E-state index < -0.39 is 17.6 Å². The zero-order valence-corrected chi connectivity index (χ0v) is 13.0. The Kier molecular flexibility index (Phi) is 5.20. The average molecular weight is 303 g/mol. The Morgan fingerprint density at radius 2 is 1.73 bits per heavy atom. The first-order valence-corrected chi connectivity index (χ1v) is 7.62. The minimum atomic E-state index is -0.606. The van der Waals surface area contributed by atoms with E-state index >= 15 is 0 Å². The Morgan fingerprint density at radius 1 is 1.05 bits per heavy atom. The molecule has 0 bridgehead atoms. The number of carbonyl (C=O) groups excluding carboxylic acids is 2. The molecule has 1 aromatic rings. The summed E-state index contributed by atoms with van der Waals surface area (Å²) in [4.78, 5) is 25.5. The van der Waals surface area contributed by atoms with Crippen LogP contribution in [0, 0.1) is 0 Å². The van der Waals surface area contributed by atoms with Crippen LogP contribution in [0.25, 0.3) is 5.57 Å². The van der Waals surface area contributed by atoms with Crippen LogP contribution in [0.1, 0.15) is 38.7 Å². The molecule has 1 aliphatic rings. The lowest BCUT2D eigenvalue weighted by Gasteiger charge is -2.14. The third kappa shape index (κ3) is 3.13. The number of unbranched alkanes of at least 4 members (excludes halogenated alkanes) is 2. The van der Waals surface area contributed by atoms with E-state index in [1.54, 1.807) is 24.3 Å². The fourth-order valence-electron chi connectivity index (χ4n) is 2.43. The van der Waals surface area contributed by atoms with E-state index in [4.69, 9.17) is 4.74 Å². The molecule has 5 nitrogen and oxygen atoms in total. The summed E-state index contributed by atoms with van der Waals surface area (Å²) in [5.74, 6) is -0.818. The normalized spacial score (nSPS) is 14.9. The molecule has 0 aromatic heterocycles.